The predicted octanol–water partition coefficient (Wildman–Crippen LogP) is 1.28. The van der Waals surface area contributed by atoms with E-state index in [-0.39, 0.29) is 11.7 Å². The molecule has 5 heteroatoms. The predicted molar refractivity (Wildman–Crippen MR) is 77.6 cm³/mol. The van der Waals surface area contributed by atoms with E-state index in [1.807, 2.05) is 4.90 Å². The van der Waals surface area contributed by atoms with Gasteiger partial charge in [-0.2, -0.15) is 0 Å². The van der Waals surface area contributed by atoms with E-state index in [1.54, 1.807) is 6.07 Å². The summed E-state index contributed by atoms with van der Waals surface area (Å²) in [7, 11) is 0. The molecule has 5 nitrogen and oxygen atoms in total. The molecule has 1 aromatic rings. The normalized spacial score (nSPS) is 23.4. The van der Waals surface area contributed by atoms with E-state index >= 15 is 0 Å². The number of nitrogens with two attached hydrogens (primary N) is 1. The molecule has 3 N–H and O–H groups in total. The van der Waals surface area contributed by atoms with Crippen molar-refractivity contribution < 1.29 is 9.90 Å². The van der Waals surface area contributed by atoms with E-state index in [4.69, 9.17) is 5.73 Å². The quantitative estimate of drug-likeness (QED) is 0.630. The maximum atomic E-state index is 12.5. The highest BCUT2D eigenvalue weighted by Gasteiger charge is 2.32. The number of phenolic OH excluding ortho intramolecular Hbond substituents is 1. The van der Waals surface area contributed by atoms with Crippen LogP contribution in [0, 0.1) is 0 Å². The standard InChI is InChI=1S/C15H21N3O2/c16-14-4-3-12(19)9-13(14)15(20)18-8-5-11(10-18)17-6-1-2-7-17/h3-4,9,11,19H,1-2,5-8,10,16H2. The maximum Gasteiger partial charge on any atom is 0.256 e. The van der Waals surface area contributed by atoms with Crippen LogP contribution in [0.15, 0.2) is 18.2 Å². The van der Waals surface area contributed by atoms with Crippen LogP contribution in [0.4, 0.5) is 5.69 Å². The molecule has 2 fully saturated rings. The Morgan fingerprint density at radius 3 is 2.75 bits per heavy atom. The van der Waals surface area contributed by atoms with Gasteiger partial charge in [0.1, 0.15) is 5.75 Å². The van der Waals surface area contributed by atoms with Gasteiger partial charge in [0.2, 0.25) is 0 Å². The average molecular weight is 275 g/mol. The SMILES string of the molecule is Nc1ccc(O)cc1C(=O)N1CCC(N2CCCC2)C1. The molecule has 1 amide bonds. The number of amides is 1. The molecule has 2 heterocycles. The second kappa shape index (κ2) is 5.32. The third-order valence-electron chi connectivity index (χ3n) is 4.37. The molecule has 3 rings (SSSR count). The Hall–Kier alpha value is -1.75. The van der Waals surface area contributed by atoms with Gasteiger partial charge < -0.3 is 15.7 Å². The Kier molecular flexibility index (Phi) is 3.53. The Morgan fingerprint density at radius 1 is 1.25 bits per heavy atom. The van der Waals surface area contributed by atoms with Gasteiger partial charge in [0.05, 0.1) is 5.56 Å². The van der Waals surface area contributed by atoms with Crippen molar-refractivity contribution in [2.24, 2.45) is 0 Å². The number of benzene rings is 1. The molecular formula is C15H21N3O2. The van der Waals surface area contributed by atoms with Gasteiger partial charge in [0, 0.05) is 24.8 Å². The third kappa shape index (κ3) is 2.45. The third-order valence-corrected chi connectivity index (χ3v) is 4.37. The molecular weight excluding hydrogens is 254 g/mol. The van der Waals surface area contributed by atoms with E-state index in [0.29, 0.717) is 17.3 Å². The zero-order chi connectivity index (χ0) is 14.1. The second-order valence-electron chi connectivity index (χ2n) is 5.71. The molecule has 1 unspecified atom stereocenters. The summed E-state index contributed by atoms with van der Waals surface area (Å²) >= 11 is 0. The van der Waals surface area contributed by atoms with Gasteiger partial charge in [-0.1, -0.05) is 0 Å². The molecule has 0 saturated carbocycles. The Labute approximate surface area is 119 Å². The summed E-state index contributed by atoms with van der Waals surface area (Å²) in [4.78, 5) is 16.8. The molecule has 0 bridgehead atoms. The highest BCUT2D eigenvalue weighted by molar-refractivity contribution is 5.99. The number of anilines is 1. The fourth-order valence-corrected chi connectivity index (χ4v) is 3.23. The number of aromatic hydroxyl groups is 1. The zero-order valence-corrected chi connectivity index (χ0v) is 11.6. The average Bonchev–Trinajstić information content (AvgIpc) is 3.10. The first kappa shape index (κ1) is 13.2. The molecule has 2 aliphatic heterocycles. The number of likely N-dealkylation sites (tertiary alicyclic amines) is 2. The van der Waals surface area contributed by atoms with Crippen molar-refractivity contribution in [3.05, 3.63) is 23.8 Å². The summed E-state index contributed by atoms with van der Waals surface area (Å²) in [5.41, 5.74) is 6.68. The highest BCUT2D eigenvalue weighted by atomic mass is 16.3. The molecule has 2 saturated heterocycles. The lowest BCUT2D eigenvalue weighted by atomic mass is 10.1. The zero-order valence-electron chi connectivity index (χ0n) is 11.6. The number of hydrogen-bond donors (Lipinski definition) is 2. The van der Waals surface area contributed by atoms with Crippen LogP contribution in [0.2, 0.25) is 0 Å². The van der Waals surface area contributed by atoms with Gasteiger partial charge in [-0.3, -0.25) is 9.69 Å². The summed E-state index contributed by atoms with van der Waals surface area (Å²) in [5.74, 6) is 0.0120. The number of rotatable bonds is 2. The van der Waals surface area contributed by atoms with Crippen LogP contribution in [0.1, 0.15) is 29.6 Å². The molecule has 0 aliphatic carbocycles. The van der Waals surface area contributed by atoms with Crippen LogP contribution in [0.25, 0.3) is 0 Å². The first-order chi connectivity index (χ1) is 9.65. The lowest BCUT2D eigenvalue weighted by Gasteiger charge is -2.23. The van der Waals surface area contributed by atoms with Crippen molar-refractivity contribution in [1.82, 2.24) is 9.80 Å². The molecule has 0 aromatic heterocycles. The summed E-state index contributed by atoms with van der Waals surface area (Å²) in [6.45, 7) is 3.85. The van der Waals surface area contributed by atoms with Gasteiger partial charge in [-0.05, 0) is 50.6 Å². The van der Waals surface area contributed by atoms with Gasteiger partial charge in [-0.15, -0.1) is 0 Å². The van der Waals surface area contributed by atoms with E-state index in [0.717, 1.165) is 32.6 Å². The number of phenols is 1. The van der Waals surface area contributed by atoms with Crippen LogP contribution in [-0.2, 0) is 0 Å². The fraction of sp³-hybridized carbons (Fsp3) is 0.533. The van der Waals surface area contributed by atoms with Crippen LogP contribution < -0.4 is 5.73 Å². The topological polar surface area (TPSA) is 69.8 Å². The van der Waals surface area contributed by atoms with Crippen molar-refractivity contribution in [3.63, 3.8) is 0 Å². The van der Waals surface area contributed by atoms with Gasteiger partial charge >= 0.3 is 0 Å². The van der Waals surface area contributed by atoms with Crippen molar-refractivity contribution in [3.8, 4) is 5.75 Å². The van der Waals surface area contributed by atoms with E-state index in [1.165, 1.54) is 25.0 Å². The Bertz CT molecular complexity index is 512. The van der Waals surface area contributed by atoms with Crippen LogP contribution in [0.3, 0.4) is 0 Å². The molecule has 1 atom stereocenters. The smallest absolute Gasteiger partial charge is 0.256 e. The van der Waals surface area contributed by atoms with Crippen LogP contribution in [-0.4, -0.2) is 53.0 Å². The van der Waals surface area contributed by atoms with Crippen LogP contribution in [0.5, 0.6) is 5.75 Å². The van der Waals surface area contributed by atoms with E-state index in [2.05, 4.69) is 4.90 Å². The summed E-state index contributed by atoms with van der Waals surface area (Å²) in [6.07, 6.45) is 3.57. The molecule has 108 valence electrons. The number of nitrogen functional groups attached to an aromatic ring is 1. The minimum atomic E-state index is -0.0694. The first-order valence-electron chi connectivity index (χ1n) is 7.27. The largest absolute Gasteiger partial charge is 0.508 e. The van der Waals surface area contributed by atoms with Gasteiger partial charge in [0.25, 0.3) is 5.91 Å². The summed E-state index contributed by atoms with van der Waals surface area (Å²) in [5, 5.41) is 9.52. The first-order valence-corrected chi connectivity index (χ1v) is 7.27. The lowest BCUT2D eigenvalue weighted by Crippen LogP contribution is -2.37. The number of hydrogen-bond acceptors (Lipinski definition) is 4. The molecule has 0 spiro atoms. The van der Waals surface area contributed by atoms with Crippen molar-refractivity contribution >= 4 is 11.6 Å². The molecule has 2 aliphatic rings. The number of nitrogens with zero attached hydrogens (tertiary/aromatic N) is 2. The minimum absolute atomic E-state index is 0.0694. The van der Waals surface area contributed by atoms with Crippen LogP contribution >= 0.6 is 0 Å². The lowest BCUT2D eigenvalue weighted by molar-refractivity contribution is 0.0780. The van der Waals surface area contributed by atoms with Gasteiger partial charge in [0.15, 0.2) is 0 Å². The minimum Gasteiger partial charge on any atom is -0.508 e. The highest BCUT2D eigenvalue weighted by Crippen LogP contribution is 2.25. The monoisotopic (exact) mass is 275 g/mol. The van der Waals surface area contributed by atoms with E-state index in [9.17, 15) is 9.90 Å². The van der Waals surface area contributed by atoms with Crippen molar-refractivity contribution in [2.75, 3.05) is 31.9 Å². The molecule has 1 aromatic carbocycles. The second-order valence-corrected chi connectivity index (χ2v) is 5.71. The van der Waals surface area contributed by atoms with Crippen molar-refractivity contribution in [2.45, 2.75) is 25.3 Å². The number of carbonyl (C=O) groups excluding carboxylic acids is 1. The Balaban J connectivity index is 1.70. The van der Waals surface area contributed by atoms with Crippen molar-refractivity contribution in [1.29, 1.82) is 0 Å². The summed E-state index contributed by atoms with van der Waals surface area (Å²) in [6, 6.07) is 5.03. The fourth-order valence-electron chi connectivity index (χ4n) is 3.23. The van der Waals surface area contributed by atoms with E-state index < -0.39 is 0 Å². The molecule has 20 heavy (non-hydrogen) atoms. The maximum absolute atomic E-state index is 12.5. The Morgan fingerprint density at radius 2 is 2.00 bits per heavy atom. The van der Waals surface area contributed by atoms with Gasteiger partial charge in [-0.25, -0.2) is 0 Å². The number of carbonyl (C=O) groups is 1. The molecule has 0 radical (unpaired) electrons. The summed E-state index contributed by atoms with van der Waals surface area (Å²) < 4.78 is 0.